The van der Waals surface area contributed by atoms with Gasteiger partial charge in [-0.2, -0.15) is 0 Å². The first-order chi connectivity index (χ1) is 9.56. The largest absolute Gasteiger partial charge is 0.370 e. The Morgan fingerprint density at radius 3 is 2.85 bits per heavy atom. The van der Waals surface area contributed by atoms with Gasteiger partial charge in [0.15, 0.2) is 0 Å². The van der Waals surface area contributed by atoms with Crippen LogP contribution < -0.4 is 5.32 Å². The second kappa shape index (κ2) is 6.42. The van der Waals surface area contributed by atoms with Gasteiger partial charge in [0.1, 0.15) is 12.0 Å². The molecule has 2 rings (SSSR count). The van der Waals surface area contributed by atoms with E-state index in [9.17, 15) is 10.1 Å². The lowest BCUT2D eigenvalue weighted by molar-refractivity contribution is -0.385. The van der Waals surface area contributed by atoms with Crippen molar-refractivity contribution in [2.45, 2.75) is 26.7 Å². The maximum atomic E-state index is 10.7. The summed E-state index contributed by atoms with van der Waals surface area (Å²) in [7, 11) is 0. The summed E-state index contributed by atoms with van der Waals surface area (Å²) >= 11 is 1.67. The van der Waals surface area contributed by atoms with Crippen LogP contribution in [0.4, 0.5) is 11.5 Å². The summed E-state index contributed by atoms with van der Waals surface area (Å²) in [6.07, 6.45) is 3.17. The Labute approximate surface area is 121 Å². The number of thiazole rings is 1. The molecule has 7 heteroatoms. The molecule has 0 aliphatic carbocycles. The van der Waals surface area contributed by atoms with Gasteiger partial charge in [-0.15, -0.1) is 11.3 Å². The molecule has 0 fully saturated rings. The first-order valence-corrected chi connectivity index (χ1v) is 7.20. The van der Waals surface area contributed by atoms with E-state index < -0.39 is 4.92 Å². The highest BCUT2D eigenvalue weighted by atomic mass is 32.1. The monoisotopic (exact) mass is 292 g/mol. The summed E-state index contributed by atoms with van der Waals surface area (Å²) in [5, 5.41) is 17.0. The second-order valence-corrected chi connectivity index (χ2v) is 5.47. The van der Waals surface area contributed by atoms with Gasteiger partial charge >= 0.3 is 0 Å². The minimum absolute atomic E-state index is 0.0498. The van der Waals surface area contributed by atoms with E-state index in [0.29, 0.717) is 11.4 Å². The molecule has 0 amide bonds. The molecule has 2 heterocycles. The number of nitrogens with zero attached hydrogens (tertiary/aromatic N) is 3. The summed E-state index contributed by atoms with van der Waals surface area (Å²) in [4.78, 5) is 18.7. The zero-order valence-electron chi connectivity index (χ0n) is 11.4. The molecule has 6 nitrogen and oxygen atoms in total. The van der Waals surface area contributed by atoms with Crippen LogP contribution in [0.25, 0.3) is 0 Å². The number of pyridine rings is 1. The molecule has 0 bridgehead atoms. The highest BCUT2D eigenvalue weighted by Gasteiger charge is 2.11. The van der Waals surface area contributed by atoms with Gasteiger partial charge in [-0.1, -0.05) is 0 Å². The average Bonchev–Trinajstić information content (AvgIpc) is 2.80. The van der Waals surface area contributed by atoms with E-state index >= 15 is 0 Å². The van der Waals surface area contributed by atoms with Crippen molar-refractivity contribution in [1.29, 1.82) is 0 Å². The molecule has 1 N–H and O–H groups in total. The van der Waals surface area contributed by atoms with Crippen LogP contribution >= 0.6 is 11.3 Å². The number of hydrogen-bond donors (Lipinski definition) is 1. The summed E-state index contributed by atoms with van der Waals surface area (Å²) in [6, 6.07) is 1.70. The number of nitro groups is 1. The third kappa shape index (κ3) is 3.74. The Balaban J connectivity index is 1.82. The van der Waals surface area contributed by atoms with Crippen LogP contribution in [-0.2, 0) is 6.42 Å². The van der Waals surface area contributed by atoms with Gasteiger partial charge in [0.2, 0.25) is 0 Å². The third-order valence-corrected chi connectivity index (χ3v) is 3.85. The van der Waals surface area contributed by atoms with Crippen molar-refractivity contribution in [2.75, 3.05) is 11.9 Å². The fraction of sp³-hybridized carbons (Fsp3) is 0.385. The molecule has 0 aromatic carbocycles. The Morgan fingerprint density at radius 2 is 2.25 bits per heavy atom. The molecule has 106 valence electrons. The molecule has 0 radical (unpaired) electrons. The average molecular weight is 292 g/mol. The molecule has 0 saturated carbocycles. The van der Waals surface area contributed by atoms with Crippen LogP contribution in [0.15, 0.2) is 17.6 Å². The first-order valence-electron chi connectivity index (χ1n) is 6.32. The summed E-state index contributed by atoms with van der Waals surface area (Å²) < 4.78 is 0. The van der Waals surface area contributed by atoms with Crippen molar-refractivity contribution in [3.63, 3.8) is 0 Å². The number of aryl methyl sites for hydroxylation is 3. The van der Waals surface area contributed by atoms with Crippen molar-refractivity contribution in [3.05, 3.63) is 44.0 Å². The molecule has 0 spiro atoms. The summed E-state index contributed by atoms with van der Waals surface area (Å²) in [5.74, 6) is 0.670. The van der Waals surface area contributed by atoms with Crippen molar-refractivity contribution in [2.24, 2.45) is 0 Å². The minimum Gasteiger partial charge on any atom is -0.370 e. The molecule has 0 saturated heterocycles. The van der Waals surface area contributed by atoms with E-state index in [-0.39, 0.29) is 5.69 Å². The number of anilines is 1. The SMILES string of the molecule is Cc1csc(CCCNc2cc(C)c([N+](=O)[O-])cn2)n1. The Bertz CT molecular complexity index is 612. The molecule has 20 heavy (non-hydrogen) atoms. The maximum absolute atomic E-state index is 10.7. The van der Waals surface area contributed by atoms with Gasteiger partial charge in [0.05, 0.1) is 9.93 Å². The second-order valence-electron chi connectivity index (χ2n) is 4.53. The molecule has 2 aromatic rings. The number of hydrogen-bond acceptors (Lipinski definition) is 6. The Morgan fingerprint density at radius 1 is 1.45 bits per heavy atom. The van der Waals surface area contributed by atoms with E-state index in [4.69, 9.17) is 0 Å². The smallest absolute Gasteiger partial charge is 0.290 e. The Kier molecular flexibility index (Phi) is 4.62. The van der Waals surface area contributed by atoms with E-state index in [1.165, 1.54) is 6.20 Å². The third-order valence-electron chi connectivity index (χ3n) is 2.82. The van der Waals surface area contributed by atoms with Crippen molar-refractivity contribution in [3.8, 4) is 0 Å². The molecular weight excluding hydrogens is 276 g/mol. The lowest BCUT2D eigenvalue weighted by Gasteiger charge is -2.05. The standard InChI is InChI=1S/C13H16N4O2S/c1-9-6-12(15-7-11(9)17(18)19)14-5-3-4-13-16-10(2)8-20-13/h6-8H,3-5H2,1-2H3,(H,14,15). The normalized spacial score (nSPS) is 10.5. The molecule has 0 unspecified atom stereocenters. The predicted octanol–water partition coefficient (Wildman–Crippen LogP) is 3.11. The van der Waals surface area contributed by atoms with Crippen LogP contribution in [-0.4, -0.2) is 21.4 Å². The van der Waals surface area contributed by atoms with E-state index in [1.807, 2.05) is 12.3 Å². The van der Waals surface area contributed by atoms with Gasteiger partial charge in [0, 0.05) is 29.6 Å². The van der Waals surface area contributed by atoms with Crippen molar-refractivity contribution < 1.29 is 4.92 Å². The van der Waals surface area contributed by atoms with Crippen molar-refractivity contribution in [1.82, 2.24) is 9.97 Å². The quantitative estimate of drug-likeness (QED) is 0.502. The topological polar surface area (TPSA) is 81.0 Å². The lowest BCUT2D eigenvalue weighted by Crippen LogP contribution is -2.05. The van der Waals surface area contributed by atoms with Gasteiger partial charge in [0.25, 0.3) is 5.69 Å². The minimum atomic E-state index is -0.420. The van der Waals surface area contributed by atoms with E-state index in [2.05, 4.69) is 15.3 Å². The molecule has 0 atom stereocenters. The zero-order valence-corrected chi connectivity index (χ0v) is 12.2. The first kappa shape index (κ1) is 14.4. The fourth-order valence-electron chi connectivity index (χ4n) is 1.81. The van der Waals surface area contributed by atoms with Crippen LogP contribution in [0, 0.1) is 24.0 Å². The number of aromatic nitrogens is 2. The summed E-state index contributed by atoms with van der Waals surface area (Å²) in [6.45, 7) is 4.47. The van der Waals surface area contributed by atoms with Crippen molar-refractivity contribution >= 4 is 22.8 Å². The Hall–Kier alpha value is -2.02. The number of nitrogens with one attached hydrogen (secondary N) is 1. The summed E-state index contributed by atoms with van der Waals surface area (Å²) in [5.41, 5.74) is 1.72. The highest BCUT2D eigenvalue weighted by Crippen LogP contribution is 2.18. The van der Waals surface area contributed by atoms with Crippen LogP contribution in [0.2, 0.25) is 0 Å². The molecule has 0 aliphatic heterocycles. The highest BCUT2D eigenvalue weighted by molar-refractivity contribution is 7.09. The van der Waals surface area contributed by atoms with Gasteiger partial charge in [-0.25, -0.2) is 9.97 Å². The van der Waals surface area contributed by atoms with Crippen LogP contribution in [0.1, 0.15) is 22.7 Å². The maximum Gasteiger partial charge on any atom is 0.290 e. The van der Waals surface area contributed by atoms with E-state index in [1.54, 1.807) is 24.3 Å². The van der Waals surface area contributed by atoms with Gasteiger partial charge < -0.3 is 5.32 Å². The molecule has 0 aliphatic rings. The van der Waals surface area contributed by atoms with Gasteiger partial charge in [-0.05, 0) is 26.3 Å². The van der Waals surface area contributed by atoms with E-state index in [0.717, 1.165) is 30.1 Å². The zero-order chi connectivity index (χ0) is 14.5. The van der Waals surface area contributed by atoms with Crippen LogP contribution in [0.5, 0.6) is 0 Å². The number of rotatable bonds is 6. The predicted molar refractivity (Wildman–Crippen MR) is 79.3 cm³/mol. The fourth-order valence-corrected chi connectivity index (χ4v) is 2.63. The molecular formula is C13H16N4O2S. The van der Waals surface area contributed by atoms with Gasteiger partial charge in [-0.3, -0.25) is 10.1 Å². The molecule has 2 aromatic heterocycles. The van der Waals surface area contributed by atoms with Crippen LogP contribution in [0.3, 0.4) is 0 Å². The lowest BCUT2D eigenvalue weighted by atomic mass is 10.2.